The summed E-state index contributed by atoms with van der Waals surface area (Å²) in [5.41, 5.74) is 3.44. The lowest BCUT2D eigenvalue weighted by Crippen LogP contribution is -2.49. The molecule has 2 atom stereocenters. The van der Waals surface area contributed by atoms with Gasteiger partial charge in [0.1, 0.15) is 16.5 Å². The van der Waals surface area contributed by atoms with E-state index in [9.17, 15) is 4.79 Å². The minimum absolute atomic E-state index is 0.129. The number of aromatic nitrogens is 2. The maximum Gasteiger partial charge on any atom is 0.253 e. The van der Waals surface area contributed by atoms with Crippen molar-refractivity contribution in [2.24, 2.45) is 5.92 Å². The standard InChI is InChI=1S/C27H34N4OS/c1-5-19(4)24-28-25(23-21-11-8-18(3)16-22(21)33-26(23)29-24)30-12-14-31(15-13-30)27(32)20-9-6-17(2)7-10-20/h6-7,9-10,18-19H,5,8,11-16H2,1-4H3/t18-,19-/m0/s1. The van der Waals surface area contributed by atoms with E-state index in [1.165, 1.54) is 27.8 Å². The molecule has 3 heterocycles. The monoisotopic (exact) mass is 462 g/mol. The van der Waals surface area contributed by atoms with E-state index in [4.69, 9.17) is 9.97 Å². The molecule has 0 unspecified atom stereocenters. The number of hydrogen-bond donors (Lipinski definition) is 0. The second kappa shape index (κ2) is 9.05. The summed E-state index contributed by atoms with van der Waals surface area (Å²) >= 11 is 1.89. The molecule has 0 spiro atoms. The largest absolute Gasteiger partial charge is 0.352 e. The van der Waals surface area contributed by atoms with E-state index < -0.39 is 0 Å². The van der Waals surface area contributed by atoms with Gasteiger partial charge in [0, 0.05) is 42.5 Å². The summed E-state index contributed by atoms with van der Waals surface area (Å²) in [4.78, 5) is 30.3. The lowest BCUT2D eigenvalue weighted by atomic mass is 9.89. The highest BCUT2D eigenvalue weighted by Crippen LogP contribution is 2.42. The van der Waals surface area contributed by atoms with Crippen LogP contribution in [0, 0.1) is 12.8 Å². The van der Waals surface area contributed by atoms with Crippen LogP contribution >= 0.6 is 11.3 Å². The van der Waals surface area contributed by atoms with Crippen LogP contribution in [0.4, 0.5) is 5.82 Å². The quantitative estimate of drug-likeness (QED) is 0.506. The average molecular weight is 463 g/mol. The Hall–Kier alpha value is -2.47. The van der Waals surface area contributed by atoms with Gasteiger partial charge in [-0.2, -0.15) is 0 Å². The molecule has 0 N–H and O–H groups in total. The SMILES string of the molecule is CC[C@H](C)c1nc(N2CCN(C(=O)c3ccc(C)cc3)CC2)c2c3c(sc2n1)C[C@@H](C)CC3. The van der Waals surface area contributed by atoms with Gasteiger partial charge in [-0.3, -0.25) is 4.79 Å². The predicted molar refractivity (Wildman–Crippen MR) is 137 cm³/mol. The zero-order valence-corrected chi connectivity index (χ0v) is 21.0. The van der Waals surface area contributed by atoms with Gasteiger partial charge < -0.3 is 9.80 Å². The molecule has 174 valence electrons. The van der Waals surface area contributed by atoms with Gasteiger partial charge in [0.2, 0.25) is 0 Å². The van der Waals surface area contributed by atoms with Crippen molar-refractivity contribution in [3.63, 3.8) is 0 Å². The number of aryl methyl sites for hydroxylation is 2. The first-order chi connectivity index (χ1) is 15.9. The van der Waals surface area contributed by atoms with Crippen molar-refractivity contribution in [2.75, 3.05) is 31.1 Å². The molecule has 1 amide bonds. The molecule has 3 aromatic rings. The normalized spacial score (nSPS) is 19.6. The molecule has 1 aromatic carbocycles. The Kier molecular flexibility index (Phi) is 6.12. The summed E-state index contributed by atoms with van der Waals surface area (Å²) in [5, 5.41) is 1.28. The third-order valence-corrected chi connectivity index (χ3v) is 8.52. The highest BCUT2D eigenvalue weighted by atomic mass is 32.1. The van der Waals surface area contributed by atoms with Gasteiger partial charge in [-0.1, -0.05) is 38.5 Å². The number of carbonyl (C=O) groups excluding carboxylic acids is 1. The molecule has 1 fully saturated rings. The first kappa shape index (κ1) is 22.3. The van der Waals surface area contributed by atoms with Crippen LogP contribution in [-0.2, 0) is 12.8 Å². The minimum atomic E-state index is 0.129. The van der Waals surface area contributed by atoms with E-state index in [0.29, 0.717) is 5.92 Å². The number of hydrogen-bond acceptors (Lipinski definition) is 5. The number of piperazine rings is 1. The van der Waals surface area contributed by atoms with Gasteiger partial charge in [-0.15, -0.1) is 11.3 Å². The fraction of sp³-hybridized carbons (Fsp3) is 0.519. The maximum absolute atomic E-state index is 13.0. The lowest BCUT2D eigenvalue weighted by molar-refractivity contribution is 0.0746. The second-order valence-corrected chi connectivity index (χ2v) is 11.0. The number of benzene rings is 1. The summed E-state index contributed by atoms with van der Waals surface area (Å²) in [6.45, 7) is 11.9. The Labute approximate surface area is 200 Å². The first-order valence-electron chi connectivity index (χ1n) is 12.4. The van der Waals surface area contributed by atoms with Crippen molar-refractivity contribution in [3.8, 4) is 0 Å². The fourth-order valence-corrected chi connectivity index (χ4v) is 6.36. The molecule has 0 radical (unpaired) electrons. The third kappa shape index (κ3) is 4.25. The topological polar surface area (TPSA) is 49.3 Å². The average Bonchev–Trinajstić information content (AvgIpc) is 3.20. The minimum Gasteiger partial charge on any atom is -0.352 e. The molecule has 0 bridgehead atoms. The van der Waals surface area contributed by atoms with Crippen LogP contribution in [0.1, 0.15) is 71.7 Å². The van der Waals surface area contributed by atoms with E-state index in [0.717, 1.165) is 73.4 Å². The van der Waals surface area contributed by atoms with Crippen LogP contribution in [0.25, 0.3) is 10.2 Å². The van der Waals surface area contributed by atoms with Crippen LogP contribution in [0.5, 0.6) is 0 Å². The number of carbonyl (C=O) groups is 1. The van der Waals surface area contributed by atoms with Gasteiger partial charge in [0.25, 0.3) is 5.91 Å². The Balaban J connectivity index is 1.44. The summed E-state index contributed by atoms with van der Waals surface area (Å²) in [5.74, 6) is 3.28. The Morgan fingerprint density at radius 1 is 1.15 bits per heavy atom. The molecule has 5 nitrogen and oxygen atoms in total. The zero-order chi connectivity index (χ0) is 23.1. The van der Waals surface area contributed by atoms with Crippen LogP contribution in [0.2, 0.25) is 0 Å². The highest BCUT2D eigenvalue weighted by molar-refractivity contribution is 7.19. The number of anilines is 1. The maximum atomic E-state index is 13.0. The molecule has 0 saturated carbocycles. The van der Waals surface area contributed by atoms with E-state index in [1.54, 1.807) is 0 Å². The number of rotatable bonds is 4. The Bertz CT molecular complexity index is 1160. The van der Waals surface area contributed by atoms with Crippen molar-refractivity contribution in [2.45, 2.75) is 59.3 Å². The first-order valence-corrected chi connectivity index (χ1v) is 13.2. The number of nitrogens with zero attached hydrogens (tertiary/aromatic N) is 4. The smallest absolute Gasteiger partial charge is 0.253 e. The van der Waals surface area contributed by atoms with Crippen molar-refractivity contribution < 1.29 is 4.79 Å². The van der Waals surface area contributed by atoms with Gasteiger partial charge in [0.15, 0.2) is 0 Å². The molecule has 1 saturated heterocycles. The van der Waals surface area contributed by atoms with E-state index in [-0.39, 0.29) is 5.91 Å². The summed E-state index contributed by atoms with van der Waals surface area (Å²) in [7, 11) is 0. The van der Waals surface area contributed by atoms with Crippen molar-refractivity contribution in [1.29, 1.82) is 0 Å². The molecule has 1 aliphatic carbocycles. The van der Waals surface area contributed by atoms with Crippen molar-refractivity contribution in [3.05, 3.63) is 51.7 Å². The molecule has 2 aromatic heterocycles. The molecule has 33 heavy (non-hydrogen) atoms. The highest BCUT2D eigenvalue weighted by Gasteiger charge is 2.29. The van der Waals surface area contributed by atoms with Crippen LogP contribution in [0.3, 0.4) is 0 Å². The molecular weight excluding hydrogens is 428 g/mol. The second-order valence-electron chi connectivity index (χ2n) is 9.89. The molecular formula is C27H34N4OS. The van der Waals surface area contributed by atoms with E-state index >= 15 is 0 Å². The van der Waals surface area contributed by atoms with Gasteiger partial charge in [-0.05, 0) is 56.2 Å². The number of thiophene rings is 1. The van der Waals surface area contributed by atoms with E-state index in [2.05, 4.69) is 25.7 Å². The van der Waals surface area contributed by atoms with Crippen LogP contribution < -0.4 is 4.90 Å². The van der Waals surface area contributed by atoms with Crippen LogP contribution in [0.15, 0.2) is 24.3 Å². The predicted octanol–water partition coefficient (Wildman–Crippen LogP) is 5.60. The van der Waals surface area contributed by atoms with Gasteiger partial charge in [0.05, 0.1) is 5.39 Å². The third-order valence-electron chi connectivity index (χ3n) is 7.37. The number of amides is 1. The zero-order valence-electron chi connectivity index (χ0n) is 20.2. The lowest BCUT2D eigenvalue weighted by Gasteiger charge is -2.36. The van der Waals surface area contributed by atoms with E-state index in [1.807, 2.05) is 47.4 Å². The molecule has 1 aliphatic heterocycles. The summed E-state index contributed by atoms with van der Waals surface area (Å²) < 4.78 is 0. The Morgan fingerprint density at radius 3 is 2.58 bits per heavy atom. The number of fused-ring (bicyclic) bond motifs is 3. The summed E-state index contributed by atoms with van der Waals surface area (Å²) in [6.07, 6.45) is 4.56. The van der Waals surface area contributed by atoms with Crippen LogP contribution in [-0.4, -0.2) is 47.0 Å². The molecule has 5 rings (SSSR count). The van der Waals surface area contributed by atoms with Crippen molar-refractivity contribution in [1.82, 2.24) is 14.9 Å². The Morgan fingerprint density at radius 2 is 1.88 bits per heavy atom. The fourth-order valence-electron chi connectivity index (χ4n) is 4.97. The molecule has 6 heteroatoms. The summed E-state index contributed by atoms with van der Waals surface area (Å²) in [6, 6.07) is 7.90. The van der Waals surface area contributed by atoms with Crippen molar-refractivity contribution >= 4 is 33.3 Å². The van der Waals surface area contributed by atoms with Gasteiger partial charge in [-0.25, -0.2) is 9.97 Å². The van der Waals surface area contributed by atoms with Gasteiger partial charge >= 0.3 is 0 Å². The molecule has 2 aliphatic rings.